The lowest BCUT2D eigenvalue weighted by Gasteiger charge is -2.28. The fraction of sp³-hybridized carbons (Fsp3) is 0.421. The number of nitrogens with zero attached hydrogens (tertiary/aromatic N) is 3. The monoisotopic (exact) mass is 341 g/mol. The van der Waals surface area contributed by atoms with Crippen molar-refractivity contribution in [3.63, 3.8) is 0 Å². The number of esters is 1. The molecule has 1 saturated heterocycles. The van der Waals surface area contributed by atoms with Crippen LogP contribution in [0.15, 0.2) is 41.2 Å². The first-order valence-corrected chi connectivity index (χ1v) is 8.63. The molecule has 0 aliphatic carbocycles. The first kappa shape index (κ1) is 17.2. The lowest BCUT2D eigenvalue weighted by Crippen LogP contribution is -2.30. The number of carbonyl (C=O) groups is 1. The van der Waals surface area contributed by atoms with Crippen molar-refractivity contribution in [2.24, 2.45) is 0 Å². The van der Waals surface area contributed by atoms with Crippen molar-refractivity contribution in [3.8, 4) is 11.3 Å². The molecule has 1 aromatic carbocycles. The molecule has 0 unspecified atom stereocenters. The molecule has 1 aromatic heterocycles. The molecule has 1 atom stereocenters. The van der Waals surface area contributed by atoms with E-state index in [4.69, 9.17) is 4.74 Å². The number of hydrogen-bond donors (Lipinski definition) is 0. The Morgan fingerprint density at radius 1 is 1.08 bits per heavy atom. The second-order valence-electron chi connectivity index (χ2n) is 6.30. The van der Waals surface area contributed by atoms with Crippen LogP contribution in [-0.2, 0) is 9.53 Å². The largest absolute Gasteiger partial charge is 0.467 e. The second kappa shape index (κ2) is 7.51. The van der Waals surface area contributed by atoms with Gasteiger partial charge in [-0.1, -0.05) is 12.1 Å². The average Bonchev–Trinajstić information content (AvgIpc) is 2.68. The van der Waals surface area contributed by atoms with E-state index in [1.807, 2.05) is 12.1 Å². The van der Waals surface area contributed by atoms with Crippen molar-refractivity contribution in [2.45, 2.75) is 32.2 Å². The van der Waals surface area contributed by atoms with Crippen LogP contribution in [0.4, 0.5) is 5.69 Å². The zero-order valence-corrected chi connectivity index (χ0v) is 14.6. The van der Waals surface area contributed by atoms with Crippen LogP contribution in [-0.4, -0.2) is 35.9 Å². The molecule has 132 valence electrons. The molecule has 1 aliphatic heterocycles. The lowest BCUT2D eigenvalue weighted by molar-refractivity contribution is -0.144. The Labute approximate surface area is 147 Å². The van der Waals surface area contributed by atoms with Crippen LogP contribution >= 0.6 is 0 Å². The maximum absolute atomic E-state index is 12.0. The van der Waals surface area contributed by atoms with Gasteiger partial charge in [0, 0.05) is 30.4 Å². The number of piperidine rings is 1. The predicted molar refractivity (Wildman–Crippen MR) is 96.7 cm³/mol. The minimum Gasteiger partial charge on any atom is -0.467 e. The topological polar surface area (TPSA) is 64.4 Å². The van der Waals surface area contributed by atoms with Crippen molar-refractivity contribution < 1.29 is 9.53 Å². The molecule has 0 N–H and O–H groups in total. The summed E-state index contributed by atoms with van der Waals surface area (Å²) in [6.45, 7) is 3.79. The number of aromatic nitrogens is 2. The summed E-state index contributed by atoms with van der Waals surface area (Å²) in [5.74, 6) is -0.493. The quantitative estimate of drug-likeness (QED) is 0.800. The number of ether oxygens (including phenoxy) is 1. The van der Waals surface area contributed by atoms with Gasteiger partial charge in [0.1, 0.15) is 0 Å². The molecule has 6 heteroatoms. The number of rotatable bonds is 4. The van der Waals surface area contributed by atoms with Gasteiger partial charge in [-0.3, -0.25) is 4.79 Å². The van der Waals surface area contributed by atoms with Gasteiger partial charge in [-0.25, -0.2) is 9.48 Å². The summed E-state index contributed by atoms with van der Waals surface area (Å²) in [6, 6.07) is 10.5. The van der Waals surface area contributed by atoms with E-state index in [1.54, 1.807) is 13.0 Å². The van der Waals surface area contributed by atoms with Gasteiger partial charge in [-0.05, 0) is 44.4 Å². The molecule has 25 heavy (non-hydrogen) atoms. The number of hydrogen-bond acceptors (Lipinski definition) is 5. The number of methoxy groups -OCH3 is 1. The van der Waals surface area contributed by atoms with E-state index in [2.05, 4.69) is 22.1 Å². The average molecular weight is 341 g/mol. The van der Waals surface area contributed by atoms with E-state index < -0.39 is 12.0 Å². The van der Waals surface area contributed by atoms with Crippen LogP contribution in [0, 0.1) is 0 Å². The fourth-order valence-corrected chi connectivity index (χ4v) is 3.12. The lowest BCUT2D eigenvalue weighted by atomic mass is 10.1. The first-order valence-electron chi connectivity index (χ1n) is 8.63. The highest BCUT2D eigenvalue weighted by Gasteiger charge is 2.18. The number of carbonyl (C=O) groups excluding carboxylic acids is 1. The third kappa shape index (κ3) is 3.73. The Bertz CT molecular complexity index is 792. The summed E-state index contributed by atoms with van der Waals surface area (Å²) in [6.07, 6.45) is 3.78. The zero-order valence-electron chi connectivity index (χ0n) is 14.6. The molecule has 2 heterocycles. The van der Waals surface area contributed by atoms with Gasteiger partial charge in [-0.15, -0.1) is 0 Å². The number of benzene rings is 1. The van der Waals surface area contributed by atoms with E-state index in [1.165, 1.54) is 42.8 Å². The summed E-state index contributed by atoms with van der Waals surface area (Å²) in [7, 11) is 1.30. The SMILES string of the molecule is COC(=O)[C@@H](C)n1nc(-c2ccc(N3CCCCC3)cc2)ccc1=O. The molecule has 0 bridgehead atoms. The number of anilines is 1. The summed E-state index contributed by atoms with van der Waals surface area (Å²) < 4.78 is 5.87. The molecule has 6 nitrogen and oxygen atoms in total. The van der Waals surface area contributed by atoms with E-state index >= 15 is 0 Å². The molecule has 3 rings (SSSR count). The van der Waals surface area contributed by atoms with Crippen molar-refractivity contribution in [2.75, 3.05) is 25.1 Å². The summed E-state index contributed by atoms with van der Waals surface area (Å²) in [4.78, 5) is 26.1. The smallest absolute Gasteiger partial charge is 0.330 e. The van der Waals surface area contributed by atoms with E-state index in [9.17, 15) is 9.59 Å². The summed E-state index contributed by atoms with van der Waals surface area (Å²) >= 11 is 0. The molecule has 0 saturated carbocycles. The van der Waals surface area contributed by atoms with E-state index in [0.717, 1.165) is 18.7 Å². The molecule has 0 spiro atoms. The van der Waals surface area contributed by atoms with Crippen molar-refractivity contribution in [1.29, 1.82) is 0 Å². The van der Waals surface area contributed by atoms with Gasteiger partial charge >= 0.3 is 5.97 Å². The van der Waals surface area contributed by atoms with Crippen LogP contribution in [0.5, 0.6) is 0 Å². The van der Waals surface area contributed by atoms with E-state index in [-0.39, 0.29) is 5.56 Å². The minimum atomic E-state index is -0.759. The normalized spacial score (nSPS) is 15.7. The van der Waals surface area contributed by atoms with Crippen molar-refractivity contribution >= 4 is 11.7 Å². The molecule has 1 aliphatic rings. The minimum absolute atomic E-state index is 0.327. The predicted octanol–water partition coefficient (Wildman–Crippen LogP) is 2.63. The fourth-order valence-electron chi connectivity index (χ4n) is 3.12. The Hall–Kier alpha value is -2.63. The van der Waals surface area contributed by atoms with E-state index in [0.29, 0.717) is 5.69 Å². The zero-order chi connectivity index (χ0) is 17.8. The molecule has 1 fully saturated rings. The Balaban J connectivity index is 1.86. The van der Waals surface area contributed by atoms with Gasteiger partial charge in [0.15, 0.2) is 6.04 Å². The van der Waals surface area contributed by atoms with Crippen LogP contribution in [0.2, 0.25) is 0 Å². The first-order chi connectivity index (χ1) is 12.1. The van der Waals surface area contributed by atoms with Crippen molar-refractivity contribution in [1.82, 2.24) is 9.78 Å². The third-order valence-corrected chi connectivity index (χ3v) is 4.62. The maximum atomic E-state index is 12.0. The molecular formula is C19H23N3O3. The van der Waals surface area contributed by atoms with Gasteiger partial charge < -0.3 is 9.64 Å². The van der Waals surface area contributed by atoms with Gasteiger partial charge in [0.2, 0.25) is 0 Å². The highest BCUT2D eigenvalue weighted by Crippen LogP contribution is 2.24. The van der Waals surface area contributed by atoms with Crippen molar-refractivity contribution in [3.05, 3.63) is 46.8 Å². The molecule has 0 amide bonds. The summed E-state index contributed by atoms with van der Waals surface area (Å²) in [5.41, 5.74) is 2.44. The Morgan fingerprint density at radius 3 is 2.40 bits per heavy atom. The second-order valence-corrected chi connectivity index (χ2v) is 6.30. The van der Waals surface area contributed by atoms with Gasteiger partial charge in [-0.2, -0.15) is 5.10 Å². The summed E-state index contributed by atoms with van der Waals surface area (Å²) in [5, 5.41) is 4.34. The third-order valence-electron chi connectivity index (χ3n) is 4.62. The Kier molecular flexibility index (Phi) is 5.16. The maximum Gasteiger partial charge on any atom is 0.330 e. The highest BCUT2D eigenvalue weighted by atomic mass is 16.5. The molecular weight excluding hydrogens is 318 g/mol. The molecule has 2 aromatic rings. The van der Waals surface area contributed by atoms with Crippen LogP contribution < -0.4 is 10.5 Å². The van der Waals surface area contributed by atoms with Gasteiger partial charge in [0.25, 0.3) is 5.56 Å². The van der Waals surface area contributed by atoms with Crippen LogP contribution in [0.25, 0.3) is 11.3 Å². The standard InChI is InChI=1S/C19H23N3O3/c1-14(19(24)25-2)22-18(23)11-10-17(20-22)15-6-8-16(9-7-15)21-12-4-3-5-13-21/h6-11,14H,3-5,12-13H2,1-2H3/t14-/m1/s1. The van der Waals surface area contributed by atoms with Crippen LogP contribution in [0.3, 0.4) is 0 Å². The van der Waals surface area contributed by atoms with Crippen LogP contribution in [0.1, 0.15) is 32.2 Å². The molecule has 0 radical (unpaired) electrons. The highest BCUT2D eigenvalue weighted by molar-refractivity contribution is 5.73. The Morgan fingerprint density at radius 2 is 1.76 bits per heavy atom. The van der Waals surface area contributed by atoms with Gasteiger partial charge in [0.05, 0.1) is 12.8 Å².